The molecule has 0 aromatic rings. The van der Waals surface area contributed by atoms with Gasteiger partial charge in [0.05, 0.1) is 5.92 Å². The Morgan fingerprint density at radius 2 is 2.22 bits per heavy atom. The van der Waals surface area contributed by atoms with E-state index in [-0.39, 0.29) is 11.9 Å². The monoisotopic (exact) mass is 248 g/mol. The number of carbonyl (C=O) groups excluding carboxylic acids is 1. The van der Waals surface area contributed by atoms with Crippen molar-refractivity contribution in [1.29, 1.82) is 0 Å². The second-order valence-corrected chi connectivity index (χ2v) is 5.65. The summed E-state index contributed by atoms with van der Waals surface area (Å²) in [6.45, 7) is 7.54. The van der Waals surface area contributed by atoms with Gasteiger partial charge in [0.1, 0.15) is 17.5 Å². The topological polar surface area (TPSA) is 46.5 Å². The van der Waals surface area contributed by atoms with Crippen LogP contribution < -0.4 is 0 Å². The van der Waals surface area contributed by atoms with Crippen LogP contribution in [0.25, 0.3) is 0 Å². The first-order chi connectivity index (χ1) is 8.32. The second-order valence-electron chi connectivity index (χ2n) is 5.65. The average Bonchev–Trinajstić information content (AvgIpc) is 2.46. The minimum atomic E-state index is -1.20. The van der Waals surface area contributed by atoms with E-state index in [0.717, 1.165) is 11.1 Å². The molecule has 0 bridgehead atoms. The Morgan fingerprint density at radius 1 is 1.56 bits per heavy atom. The van der Waals surface area contributed by atoms with Gasteiger partial charge in [-0.2, -0.15) is 0 Å². The molecule has 3 nitrogen and oxygen atoms in total. The predicted octanol–water partition coefficient (Wildman–Crippen LogP) is 2.52. The number of rotatable bonds is 1. The van der Waals surface area contributed by atoms with Crippen molar-refractivity contribution in [3.05, 3.63) is 35.1 Å². The molecular formula is C15H20O3. The van der Waals surface area contributed by atoms with Gasteiger partial charge in [-0.15, -0.1) is 0 Å². The van der Waals surface area contributed by atoms with E-state index in [1.165, 1.54) is 0 Å². The molecule has 3 unspecified atom stereocenters. The molecule has 3 heteroatoms. The zero-order valence-electron chi connectivity index (χ0n) is 11.4. The van der Waals surface area contributed by atoms with Crippen molar-refractivity contribution in [2.45, 2.75) is 45.8 Å². The van der Waals surface area contributed by atoms with Gasteiger partial charge in [-0.1, -0.05) is 17.2 Å². The molecule has 0 aromatic carbocycles. The molecule has 1 heterocycles. The maximum atomic E-state index is 12.0. The van der Waals surface area contributed by atoms with Crippen molar-refractivity contribution in [3.8, 4) is 0 Å². The molecule has 1 aliphatic heterocycles. The van der Waals surface area contributed by atoms with Gasteiger partial charge in [-0.05, 0) is 39.8 Å². The van der Waals surface area contributed by atoms with Crippen LogP contribution in [-0.2, 0) is 9.53 Å². The number of carbonyl (C=O) groups is 1. The van der Waals surface area contributed by atoms with Crippen LogP contribution in [0.3, 0.4) is 0 Å². The van der Waals surface area contributed by atoms with Crippen molar-refractivity contribution < 1.29 is 14.6 Å². The summed E-state index contributed by atoms with van der Waals surface area (Å²) in [7, 11) is 0. The van der Waals surface area contributed by atoms with Gasteiger partial charge < -0.3 is 9.84 Å². The maximum absolute atomic E-state index is 12.0. The van der Waals surface area contributed by atoms with E-state index >= 15 is 0 Å². The molecule has 2 aliphatic rings. The molecule has 0 saturated carbocycles. The first-order valence-electron chi connectivity index (χ1n) is 6.28. The molecule has 3 atom stereocenters. The van der Waals surface area contributed by atoms with Crippen LogP contribution in [-0.4, -0.2) is 22.6 Å². The summed E-state index contributed by atoms with van der Waals surface area (Å²) in [5.41, 5.74) is 0.933. The number of ether oxygens (including phenoxy) is 1. The van der Waals surface area contributed by atoms with Crippen LogP contribution in [0.5, 0.6) is 0 Å². The number of ketones is 1. The van der Waals surface area contributed by atoms with Gasteiger partial charge in [0.15, 0.2) is 5.78 Å². The Hall–Kier alpha value is -1.35. The van der Waals surface area contributed by atoms with Gasteiger partial charge in [-0.3, -0.25) is 4.79 Å². The molecule has 0 aromatic heterocycles. The summed E-state index contributed by atoms with van der Waals surface area (Å²) >= 11 is 0. The highest BCUT2D eigenvalue weighted by Crippen LogP contribution is 2.44. The van der Waals surface area contributed by atoms with E-state index in [0.29, 0.717) is 12.2 Å². The zero-order valence-corrected chi connectivity index (χ0v) is 11.4. The standard InChI is InChI=1S/C15H20O3/c1-9(2)5-6-13-15(4,17)14-11(16)7-10(3)8-12(14)18-13/h5-7,12,14,17H,8H2,1-4H3/b13-6-. The molecular weight excluding hydrogens is 228 g/mol. The summed E-state index contributed by atoms with van der Waals surface area (Å²) in [4.78, 5) is 12.0. The Morgan fingerprint density at radius 3 is 2.83 bits per heavy atom. The molecule has 0 spiro atoms. The quantitative estimate of drug-likeness (QED) is 0.775. The molecule has 0 radical (unpaired) electrons. The van der Waals surface area contributed by atoms with E-state index < -0.39 is 11.5 Å². The van der Waals surface area contributed by atoms with E-state index in [2.05, 4.69) is 0 Å². The fourth-order valence-electron chi connectivity index (χ4n) is 2.64. The highest BCUT2D eigenvalue weighted by atomic mass is 16.5. The van der Waals surface area contributed by atoms with Crippen LogP contribution in [0.4, 0.5) is 0 Å². The van der Waals surface area contributed by atoms with Gasteiger partial charge >= 0.3 is 0 Å². The molecule has 1 aliphatic carbocycles. The molecule has 0 amide bonds. The van der Waals surface area contributed by atoms with Crippen molar-refractivity contribution in [3.63, 3.8) is 0 Å². The Bertz CT molecular complexity index is 462. The average molecular weight is 248 g/mol. The first kappa shape index (κ1) is 13.1. The summed E-state index contributed by atoms with van der Waals surface area (Å²) in [5.74, 6) is -0.0116. The predicted molar refractivity (Wildman–Crippen MR) is 69.9 cm³/mol. The third-order valence-corrected chi connectivity index (χ3v) is 3.54. The number of hydrogen-bond acceptors (Lipinski definition) is 3. The number of fused-ring (bicyclic) bond motifs is 1. The summed E-state index contributed by atoms with van der Waals surface area (Å²) in [6.07, 6.45) is 5.78. The van der Waals surface area contributed by atoms with Crippen LogP contribution in [0.1, 0.15) is 34.1 Å². The van der Waals surface area contributed by atoms with E-state index in [1.807, 2.05) is 26.8 Å². The number of aliphatic hydroxyl groups is 1. The lowest BCUT2D eigenvalue weighted by Crippen LogP contribution is -2.41. The summed E-state index contributed by atoms with van der Waals surface area (Å²) in [6, 6.07) is 0. The largest absolute Gasteiger partial charge is 0.490 e. The van der Waals surface area contributed by atoms with Crippen LogP contribution in [0, 0.1) is 5.92 Å². The van der Waals surface area contributed by atoms with Gasteiger partial charge in [0, 0.05) is 6.42 Å². The van der Waals surface area contributed by atoms with Crippen molar-refractivity contribution in [1.82, 2.24) is 0 Å². The van der Waals surface area contributed by atoms with Crippen molar-refractivity contribution in [2.75, 3.05) is 0 Å². The lowest BCUT2D eigenvalue weighted by molar-refractivity contribution is -0.125. The Labute approximate surface area is 108 Å². The van der Waals surface area contributed by atoms with E-state index in [1.54, 1.807) is 19.1 Å². The van der Waals surface area contributed by atoms with Gasteiger partial charge in [0.2, 0.25) is 0 Å². The summed E-state index contributed by atoms with van der Waals surface area (Å²) in [5, 5.41) is 10.5. The summed E-state index contributed by atoms with van der Waals surface area (Å²) < 4.78 is 5.78. The molecule has 1 N–H and O–H groups in total. The lowest BCUT2D eigenvalue weighted by Gasteiger charge is -2.26. The van der Waals surface area contributed by atoms with Crippen LogP contribution in [0.2, 0.25) is 0 Å². The van der Waals surface area contributed by atoms with E-state index in [9.17, 15) is 9.90 Å². The Balaban J connectivity index is 2.35. The van der Waals surface area contributed by atoms with Crippen molar-refractivity contribution >= 4 is 5.78 Å². The lowest BCUT2D eigenvalue weighted by atomic mass is 9.77. The third-order valence-electron chi connectivity index (χ3n) is 3.54. The molecule has 1 saturated heterocycles. The van der Waals surface area contributed by atoms with Crippen LogP contribution >= 0.6 is 0 Å². The van der Waals surface area contributed by atoms with Gasteiger partial charge in [-0.25, -0.2) is 0 Å². The molecule has 98 valence electrons. The second kappa shape index (κ2) is 4.39. The highest BCUT2D eigenvalue weighted by Gasteiger charge is 2.54. The zero-order chi connectivity index (χ0) is 13.5. The minimum absolute atomic E-state index is 0.0330. The molecule has 2 rings (SSSR count). The highest BCUT2D eigenvalue weighted by molar-refractivity contribution is 5.95. The smallest absolute Gasteiger partial charge is 0.165 e. The third kappa shape index (κ3) is 2.15. The number of allylic oxidation sites excluding steroid dienone is 4. The SMILES string of the molecule is CC(C)=C/C=C1\OC2CC(C)=CC(=O)C2C1(C)O. The fourth-order valence-corrected chi connectivity index (χ4v) is 2.64. The number of hydrogen-bond donors (Lipinski definition) is 1. The fraction of sp³-hybridized carbons (Fsp3) is 0.533. The van der Waals surface area contributed by atoms with E-state index in [4.69, 9.17) is 4.74 Å². The molecule has 1 fully saturated rings. The normalized spacial score (nSPS) is 37.1. The first-order valence-corrected chi connectivity index (χ1v) is 6.28. The maximum Gasteiger partial charge on any atom is 0.165 e. The molecule has 18 heavy (non-hydrogen) atoms. The van der Waals surface area contributed by atoms with Crippen LogP contribution in [0.15, 0.2) is 35.1 Å². The van der Waals surface area contributed by atoms with Gasteiger partial charge in [0.25, 0.3) is 0 Å². The van der Waals surface area contributed by atoms with Crippen molar-refractivity contribution in [2.24, 2.45) is 5.92 Å². The Kier molecular flexibility index (Phi) is 3.20. The minimum Gasteiger partial charge on any atom is -0.490 e.